The molecule has 5 nitrogen and oxygen atoms in total. The van der Waals surface area contributed by atoms with Gasteiger partial charge < -0.3 is 10.1 Å². The summed E-state index contributed by atoms with van der Waals surface area (Å²) >= 11 is 1.09. The van der Waals surface area contributed by atoms with Crippen molar-refractivity contribution in [3.05, 3.63) is 4.88 Å². The molecule has 0 aliphatic heterocycles. The Kier molecular flexibility index (Phi) is 3.79. The van der Waals surface area contributed by atoms with Crippen molar-refractivity contribution in [3.8, 4) is 5.88 Å². The van der Waals surface area contributed by atoms with Gasteiger partial charge in [0.2, 0.25) is 11.8 Å². The largest absolute Gasteiger partial charge is 0.474 e. The van der Waals surface area contributed by atoms with Gasteiger partial charge in [-0.15, -0.1) is 0 Å². The summed E-state index contributed by atoms with van der Waals surface area (Å²) in [6.45, 7) is 5.06. The van der Waals surface area contributed by atoms with Crippen LogP contribution in [-0.4, -0.2) is 23.3 Å². The van der Waals surface area contributed by atoms with Crippen molar-refractivity contribution in [3.63, 3.8) is 0 Å². The lowest BCUT2D eigenvalue weighted by atomic mass is 10.5. The Labute approximate surface area is 91.5 Å². The second kappa shape index (κ2) is 4.88. The van der Waals surface area contributed by atoms with Crippen molar-refractivity contribution in [2.45, 2.75) is 26.9 Å². The summed E-state index contributed by atoms with van der Waals surface area (Å²) in [4.78, 5) is 25.8. The molecule has 1 aromatic heterocycles. The fraction of sp³-hybridized carbons (Fsp3) is 0.444. The smallest absolute Gasteiger partial charge is 0.237 e. The number of aldehydes is 1. The molecule has 0 radical (unpaired) electrons. The Hall–Kier alpha value is -1.43. The summed E-state index contributed by atoms with van der Waals surface area (Å²) in [5.41, 5.74) is 0. The molecule has 82 valence electrons. The van der Waals surface area contributed by atoms with Gasteiger partial charge in [0.15, 0.2) is 11.4 Å². The van der Waals surface area contributed by atoms with E-state index in [1.165, 1.54) is 6.92 Å². The molecule has 0 saturated heterocycles. The number of hydrogen-bond donors (Lipinski definition) is 1. The maximum absolute atomic E-state index is 10.8. The summed E-state index contributed by atoms with van der Waals surface area (Å²) in [6, 6.07) is 0. The molecule has 1 aromatic rings. The third-order valence-corrected chi connectivity index (χ3v) is 2.24. The van der Waals surface area contributed by atoms with Crippen molar-refractivity contribution in [1.29, 1.82) is 0 Å². The topological polar surface area (TPSA) is 68.3 Å². The van der Waals surface area contributed by atoms with Gasteiger partial charge in [-0.25, -0.2) is 0 Å². The highest BCUT2D eigenvalue weighted by Gasteiger charge is 2.13. The lowest BCUT2D eigenvalue weighted by molar-refractivity contribution is -0.114. The van der Waals surface area contributed by atoms with Crippen LogP contribution >= 0.6 is 11.3 Å². The number of nitrogens with one attached hydrogen (secondary N) is 1. The Morgan fingerprint density at radius 2 is 2.27 bits per heavy atom. The van der Waals surface area contributed by atoms with Crippen LogP contribution < -0.4 is 10.1 Å². The average molecular weight is 228 g/mol. The number of rotatable bonds is 4. The van der Waals surface area contributed by atoms with E-state index in [-0.39, 0.29) is 17.9 Å². The maximum atomic E-state index is 10.8. The molecule has 15 heavy (non-hydrogen) atoms. The maximum Gasteiger partial charge on any atom is 0.237 e. The van der Waals surface area contributed by atoms with Gasteiger partial charge in [-0.1, -0.05) is 11.3 Å². The van der Waals surface area contributed by atoms with Gasteiger partial charge >= 0.3 is 0 Å². The summed E-state index contributed by atoms with van der Waals surface area (Å²) in [7, 11) is 0. The van der Waals surface area contributed by atoms with Crippen LogP contribution in [0.5, 0.6) is 5.88 Å². The first-order valence-electron chi connectivity index (χ1n) is 4.43. The Morgan fingerprint density at radius 1 is 1.60 bits per heavy atom. The van der Waals surface area contributed by atoms with Crippen molar-refractivity contribution < 1.29 is 14.3 Å². The van der Waals surface area contributed by atoms with E-state index in [0.29, 0.717) is 16.3 Å². The molecule has 1 N–H and O–H groups in total. The first kappa shape index (κ1) is 11.6. The number of hydrogen-bond acceptors (Lipinski definition) is 5. The SMILES string of the molecule is CC(=O)Nc1nc(OC(C)C)c(C=O)s1. The normalized spacial score (nSPS) is 10.1. The van der Waals surface area contributed by atoms with E-state index in [1.54, 1.807) is 0 Å². The van der Waals surface area contributed by atoms with Gasteiger partial charge in [-0.3, -0.25) is 9.59 Å². The summed E-state index contributed by atoms with van der Waals surface area (Å²) in [5, 5.41) is 2.88. The highest BCUT2D eigenvalue weighted by atomic mass is 32.1. The standard InChI is InChI=1S/C9H12N2O3S/c1-5(2)14-8-7(4-12)15-9(11-8)10-6(3)13/h4-5H,1-3H3,(H,10,11,13). The van der Waals surface area contributed by atoms with E-state index < -0.39 is 0 Å². The van der Waals surface area contributed by atoms with Gasteiger partial charge in [0.1, 0.15) is 4.88 Å². The molecule has 0 bridgehead atoms. The first-order valence-corrected chi connectivity index (χ1v) is 5.24. The zero-order valence-corrected chi connectivity index (χ0v) is 9.55. The van der Waals surface area contributed by atoms with Crippen LogP contribution in [-0.2, 0) is 4.79 Å². The monoisotopic (exact) mass is 228 g/mol. The Morgan fingerprint density at radius 3 is 2.73 bits per heavy atom. The fourth-order valence-corrected chi connectivity index (χ4v) is 1.66. The van der Waals surface area contributed by atoms with Gasteiger partial charge in [-0.05, 0) is 13.8 Å². The summed E-state index contributed by atoms with van der Waals surface area (Å²) in [6.07, 6.45) is 0.608. The molecule has 0 fully saturated rings. The van der Waals surface area contributed by atoms with Crippen LogP contribution in [0.2, 0.25) is 0 Å². The number of ether oxygens (including phenoxy) is 1. The number of carbonyl (C=O) groups excluding carboxylic acids is 2. The second-order valence-corrected chi connectivity index (χ2v) is 4.18. The first-order chi connectivity index (χ1) is 7.02. The molecular formula is C9H12N2O3S. The van der Waals surface area contributed by atoms with Gasteiger partial charge in [0.05, 0.1) is 6.10 Å². The van der Waals surface area contributed by atoms with Crippen LogP contribution in [0.4, 0.5) is 5.13 Å². The highest BCUT2D eigenvalue weighted by molar-refractivity contribution is 7.17. The molecule has 6 heteroatoms. The van der Waals surface area contributed by atoms with Gasteiger partial charge in [0, 0.05) is 6.92 Å². The minimum Gasteiger partial charge on any atom is -0.474 e. The van der Waals surface area contributed by atoms with E-state index in [0.717, 1.165) is 11.3 Å². The molecule has 0 spiro atoms. The minimum atomic E-state index is -0.225. The van der Waals surface area contributed by atoms with Crippen LogP contribution in [0, 0.1) is 0 Å². The molecule has 0 atom stereocenters. The lowest BCUT2D eigenvalue weighted by Gasteiger charge is -2.05. The quantitative estimate of drug-likeness (QED) is 0.796. The molecule has 0 unspecified atom stereocenters. The van der Waals surface area contributed by atoms with Crippen LogP contribution in [0.1, 0.15) is 30.4 Å². The third kappa shape index (κ3) is 3.32. The van der Waals surface area contributed by atoms with Crippen molar-refractivity contribution in [2.24, 2.45) is 0 Å². The molecule has 0 saturated carbocycles. The predicted octanol–water partition coefficient (Wildman–Crippen LogP) is 1.70. The summed E-state index contributed by atoms with van der Waals surface area (Å²) in [5.74, 6) is 0.0473. The molecular weight excluding hydrogens is 216 g/mol. The average Bonchev–Trinajstić information content (AvgIpc) is 2.45. The molecule has 0 aliphatic rings. The number of thiazole rings is 1. The van der Waals surface area contributed by atoms with Crippen LogP contribution in [0.25, 0.3) is 0 Å². The van der Waals surface area contributed by atoms with E-state index in [1.807, 2.05) is 13.8 Å². The lowest BCUT2D eigenvalue weighted by Crippen LogP contribution is -2.08. The zero-order chi connectivity index (χ0) is 11.4. The number of anilines is 1. The third-order valence-electron chi connectivity index (χ3n) is 1.36. The highest BCUT2D eigenvalue weighted by Crippen LogP contribution is 2.27. The van der Waals surface area contributed by atoms with E-state index in [2.05, 4.69) is 10.3 Å². The van der Waals surface area contributed by atoms with Gasteiger partial charge in [-0.2, -0.15) is 4.98 Å². The Balaban J connectivity index is 2.89. The van der Waals surface area contributed by atoms with E-state index >= 15 is 0 Å². The number of aromatic nitrogens is 1. The number of nitrogens with zero attached hydrogens (tertiary/aromatic N) is 1. The molecule has 0 aromatic carbocycles. The minimum absolute atomic E-state index is 0.0593. The van der Waals surface area contributed by atoms with Gasteiger partial charge in [0.25, 0.3) is 0 Å². The fourth-order valence-electron chi connectivity index (χ4n) is 0.904. The second-order valence-electron chi connectivity index (χ2n) is 3.15. The van der Waals surface area contributed by atoms with Crippen molar-refractivity contribution in [1.82, 2.24) is 4.98 Å². The van der Waals surface area contributed by atoms with Crippen LogP contribution in [0.3, 0.4) is 0 Å². The molecule has 1 amide bonds. The van der Waals surface area contributed by atoms with E-state index in [9.17, 15) is 9.59 Å². The predicted molar refractivity (Wildman–Crippen MR) is 57.6 cm³/mol. The Bertz CT molecular complexity index is 373. The number of amides is 1. The van der Waals surface area contributed by atoms with Crippen LogP contribution in [0.15, 0.2) is 0 Å². The molecule has 1 rings (SSSR count). The van der Waals surface area contributed by atoms with Crippen molar-refractivity contribution >= 4 is 28.7 Å². The zero-order valence-electron chi connectivity index (χ0n) is 8.73. The number of carbonyl (C=O) groups is 2. The molecule has 0 aliphatic carbocycles. The summed E-state index contributed by atoms with van der Waals surface area (Å²) < 4.78 is 5.32. The molecule has 1 heterocycles. The van der Waals surface area contributed by atoms with Crippen molar-refractivity contribution in [2.75, 3.05) is 5.32 Å². The van der Waals surface area contributed by atoms with E-state index in [4.69, 9.17) is 4.74 Å².